The van der Waals surface area contributed by atoms with E-state index in [1.165, 1.54) is 17.3 Å². The maximum atomic E-state index is 12.8. The molecule has 150 valence electrons. The Bertz CT molecular complexity index is 1090. The van der Waals surface area contributed by atoms with E-state index in [1.54, 1.807) is 22.8 Å². The average Bonchev–Trinajstić information content (AvgIpc) is 2.71. The number of benzene rings is 2. The number of amides is 1. The number of carbonyl (C=O) groups is 1. The van der Waals surface area contributed by atoms with Crippen LogP contribution in [0.25, 0.3) is 10.9 Å². The standard InChI is InChI=1S/C23H25N3O2S/c1-5-14-26-22(28)19-8-6-7-9-20(19)25-23(26)29-16(4)21(27)24-18-12-10-17(11-13-18)15(2)3/h5-13,15-16H,1,14H2,2-4H3,(H,24,27)/t16-/m1/s1. The summed E-state index contributed by atoms with van der Waals surface area (Å²) >= 11 is 1.27. The molecule has 3 aromatic rings. The molecule has 1 atom stereocenters. The van der Waals surface area contributed by atoms with Gasteiger partial charge in [-0.25, -0.2) is 4.98 Å². The van der Waals surface area contributed by atoms with Gasteiger partial charge >= 0.3 is 0 Å². The minimum Gasteiger partial charge on any atom is -0.325 e. The Balaban J connectivity index is 1.82. The van der Waals surface area contributed by atoms with Gasteiger partial charge in [-0.15, -0.1) is 6.58 Å². The second-order valence-electron chi connectivity index (χ2n) is 7.14. The van der Waals surface area contributed by atoms with E-state index in [4.69, 9.17) is 0 Å². The third-order valence-electron chi connectivity index (χ3n) is 4.63. The number of fused-ring (bicyclic) bond motifs is 1. The van der Waals surface area contributed by atoms with Crippen molar-refractivity contribution in [2.75, 3.05) is 5.32 Å². The van der Waals surface area contributed by atoms with Gasteiger partial charge in [0.05, 0.1) is 16.2 Å². The van der Waals surface area contributed by atoms with E-state index in [-0.39, 0.29) is 11.5 Å². The molecule has 5 nitrogen and oxygen atoms in total. The first-order chi connectivity index (χ1) is 13.9. The predicted molar refractivity (Wildman–Crippen MR) is 121 cm³/mol. The minimum absolute atomic E-state index is 0.130. The zero-order valence-electron chi connectivity index (χ0n) is 16.9. The molecule has 0 saturated carbocycles. The Morgan fingerprint density at radius 3 is 2.52 bits per heavy atom. The first-order valence-corrected chi connectivity index (χ1v) is 10.5. The molecular weight excluding hydrogens is 382 g/mol. The SMILES string of the molecule is C=CCn1c(S[C@H](C)C(=O)Nc2ccc(C(C)C)cc2)nc2ccccc2c1=O. The zero-order valence-corrected chi connectivity index (χ0v) is 17.7. The molecule has 0 aliphatic heterocycles. The molecule has 0 saturated heterocycles. The highest BCUT2D eigenvalue weighted by Gasteiger charge is 2.19. The number of rotatable bonds is 7. The minimum atomic E-state index is -0.427. The normalized spacial score (nSPS) is 12.1. The predicted octanol–water partition coefficient (Wildman–Crippen LogP) is 4.83. The van der Waals surface area contributed by atoms with E-state index < -0.39 is 5.25 Å². The smallest absolute Gasteiger partial charge is 0.262 e. The molecule has 1 aromatic heterocycles. The molecule has 0 aliphatic rings. The molecule has 1 amide bonds. The quantitative estimate of drug-likeness (QED) is 0.346. The van der Waals surface area contributed by atoms with Gasteiger partial charge in [0.2, 0.25) is 5.91 Å². The van der Waals surface area contributed by atoms with Gasteiger partial charge in [-0.2, -0.15) is 0 Å². The van der Waals surface area contributed by atoms with Gasteiger partial charge in [0.1, 0.15) is 0 Å². The molecule has 29 heavy (non-hydrogen) atoms. The van der Waals surface area contributed by atoms with Crippen molar-refractivity contribution in [3.05, 3.63) is 77.1 Å². The van der Waals surface area contributed by atoms with Gasteiger partial charge in [0.25, 0.3) is 5.56 Å². The van der Waals surface area contributed by atoms with Crippen LogP contribution in [0.2, 0.25) is 0 Å². The maximum absolute atomic E-state index is 12.8. The lowest BCUT2D eigenvalue weighted by molar-refractivity contribution is -0.115. The Morgan fingerprint density at radius 1 is 1.17 bits per heavy atom. The van der Waals surface area contributed by atoms with Crippen LogP contribution in [-0.2, 0) is 11.3 Å². The van der Waals surface area contributed by atoms with Crippen LogP contribution in [0.4, 0.5) is 5.69 Å². The van der Waals surface area contributed by atoms with Crippen molar-refractivity contribution in [1.29, 1.82) is 0 Å². The van der Waals surface area contributed by atoms with Crippen LogP contribution in [0, 0.1) is 0 Å². The number of allylic oxidation sites excluding steroid dienone is 1. The molecule has 3 rings (SSSR count). The van der Waals surface area contributed by atoms with E-state index in [0.29, 0.717) is 28.5 Å². The summed E-state index contributed by atoms with van der Waals surface area (Å²) in [6.07, 6.45) is 1.66. The summed E-state index contributed by atoms with van der Waals surface area (Å²) in [5.74, 6) is 0.301. The summed E-state index contributed by atoms with van der Waals surface area (Å²) in [6.45, 7) is 10.1. The lowest BCUT2D eigenvalue weighted by Gasteiger charge is -2.16. The Hall–Kier alpha value is -2.86. The first kappa shape index (κ1) is 20.9. The Labute approximate surface area is 174 Å². The lowest BCUT2D eigenvalue weighted by Crippen LogP contribution is -2.26. The monoisotopic (exact) mass is 407 g/mol. The van der Waals surface area contributed by atoms with Gasteiger partial charge in [-0.05, 0) is 42.7 Å². The third kappa shape index (κ3) is 4.77. The van der Waals surface area contributed by atoms with E-state index in [2.05, 4.69) is 30.7 Å². The van der Waals surface area contributed by atoms with Crippen molar-refractivity contribution >= 4 is 34.3 Å². The molecule has 1 heterocycles. The number of carbonyl (C=O) groups excluding carboxylic acids is 1. The molecule has 0 spiro atoms. The average molecular weight is 408 g/mol. The fourth-order valence-electron chi connectivity index (χ4n) is 2.93. The fraction of sp³-hybridized carbons (Fsp3) is 0.261. The summed E-state index contributed by atoms with van der Waals surface area (Å²) in [7, 11) is 0. The Morgan fingerprint density at radius 2 is 1.86 bits per heavy atom. The molecule has 6 heteroatoms. The Kier molecular flexibility index (Phi) is 6.54. The fourth-order valence-corrected chi connectivity index (χ4v) is 3.85. The number of nitrogens with one attached hydrogen (secondary N) is 1. The third-order valence-corrected chi connectivity index (χ3v) is 5.72. The maximum Gasteiger partial charge on any atom is 0.262 e. The summed E-state index contributed by atoms with van der Waals surface area (Å²) in [5, 5.41) is 3.57. The van der Waals surface area contributed by atoms with Crippen molar-refractivity contribution in [2.45, 2.75) is 43.6 Å². The number of nitrogens with zero attached hydrogens (tertiary/aromatic N) is 2. The van der Waals surface area contributed by atoms with Crippen molar-refractivity contribution in [2.24, 2.45) is 0 Å². The number of hydrogen-bond acceptors (Lipinski definition) is 4. The van der Waals surface area contributed by atoms with Gasteiger partial charge in [-0.1, -0.05) is 56.0 Å². The van der Waals surface area contributed by atoms with Crippen LogP contribution in [0.5, 0.6) is 0 Å². The van der Waals surface area contributed by atoms with Gasteiger partial charge < -0.3 is 5.32 Å². The molecule has 0 radical (unpaired) electrons. The largest absolute Gasteiger partial charge is 0.325 e. The van der Waals surface area contributed by atoms with Crippen molar-refractivity contribution in [3.8, 4) is 0 Å². The molecule has 0 fully saturated rings. The van der Waals surface area contributed by atoms with E-state index in [0.717, 1.165) is 5.69 Å². The summed E-state index contributed by atoms with van der Waals surface area (Å²) in [4.78, 5) is 30.1. The highest BCUT2D eigenvalue weighted by atomic mass is 32.2. The van der Waals surface area contributed by atoms with Crippen LogP contribution >= 0.6 is 11.8 Å². The van der Waals surface area contributed by atoms with Crippen LogP contribution in [-0.4, -0.2) is 20.7 Å². The molecule has 1 N–H and O–H groups in total. The molecule has 0 bridgehead atoms. The van der Waals surface area contributed by atoms with Crippen LogP contribution in [0.1, 0.15) is 32.3 Å². The van der Waals surface area contributed by atoms with Crippen LogP contribution in [0.15, 0.2) is 71.1 Å². The van der Waals surface area contributed by atoms with Crippen molar-refractivity contribution < 1.29 is 4.79 Å². The van der Waals surface area contributed by atoms with Crippen LogP contribution < -0.4 is 10.9 Å². The van der Waals surface area contributed by atoms with E-state index in [1.807, 2.05) is 43.3 Å². The number of thioether (sulfide) groups is 1. The number of anilines is 1. The molecule has 0 unspecified atom stereocenters. The van der Waals surface area contributed by atoms with E-state index >= 15 is 0 Å². The number of aromatic nitrogens is 2. The van der Waals surface area contributed by atoms with Gasteiger partial charge in [0.15, 0.2) is 5.16 Å². The van der Waals surface area contributed by atoms with Crippen molar-refractivity contribution in [3.63, 3.8) is 0 Å². The summed E-state index contributed by atoms with van der Waals surface area (Å²) < 4.78 is 1.56. The lowest BCUT2D eigenvalue weighted by atomic mass is 10.0. The van der Waals surface area contributed by atoms with E-state index in [9.17, 15) is 9.59 Å². The number of hydrogen-bond donors (Lipinski definition) is 1. The summed E-state index contributed by atoms with van der Waals surface area (Å²) in [6, 6.07) is 15.1. The van der Waals surface area contributed by atoms with Gasteiger partial charge in [-0.3, -0.25) is 14.2 Å². The molecule has 2 aromatic carbocycles. The molecule has 0 aliphatic carbocycles. The highest BCUT2D eigenvalue weighted by Crippen LogP contribution is 2.24. The van der Waals surface area contributed by atoms with Gasteiger partial charge in [0, 0.05) is 12.2 Å². The number of para-hydroxylation sites is 1. The zero-order chi connectivity index (χ0) is 21.0. The second kappa shape index (κ2) is 9.09. The van der Waals surface area contributed by atoms with Crippen LogP contribution in [0.3, 0.4) is 0 Å². The summed E-state index contributed by atoms with van der Waals surface area (Å²) in [5.41, 5.74) is 2.47. The highest BCUT2D eigenvalue weighted by molar-refractivity contribution is 8.00. The molecular formula is C23H25N3O2S. The first-order valence-electron chi connectivity index (χ1n) is 9.58. The van der Waals surface area contributed by atoms with Crippen molar-refractivity contribution in [1.82, 2.24) is 9.55 Å². The topological polar surface area (TPSA) is 64.0 Å². The second-order valence-corrected chi connectivity index (χ2v) is 8.45.